The number of rotatable bonds is 4. The smallest absolute Gasteiger partial charge is 0.269 e. The van der Waals surface area contributed by atoms with Gasteiger partial charge in [-0.25, -0.2) is 0 Å². The number of halogens is 1. The van der Waals surface area contributed by atoms with Gasteiger partial charge in [0.05, 0.1) is 11.5 Å². The van der Waals surface area contributed by atoms with E-state index >= 15 is 0 Å². The number of non-ortho nitro benzene ring substituents is 1. The van der Waals surface area contributed by atoms with Gasteiger partial charge in [-0.3, -0.25) is 10.1 Å². The van der Waals surface area contributed by atoms with Gasteiger partial charge >= 0.3 is 0 Å². The Bertz CT molecular complexity index is 658. The summed E-state index contributed by atoms with van der Waals surface area (Å²) in [5, 5.41) is 20.4. The molecule has 0 heterocycles. The van der Waals surface area contributed by atoms with Crippen molar-refractivity contribution in [3.63, 3.8) is 0 Å². The third-order valence-corrected chi connectivity index (χ3v) is 3.18. The minimum atomic E-state index is -0.463. The minimum Gasteiger partial charge on any atom is -0.457 e. The average Bonchev–Trinajstić information content (AvgIpc) is 2.41. The van der Waals surface area contributed by atoms with Gasteiger partial charge in [0.25, 0.3) is 5.69 Å². The van der Waals surface area contributed by atoms with Crippen LogP contribution in [0.25, 0.3) is 0 Å². The van der Waals surface area contributed by atoms with E-state index in [1.807, 2.05) is 0 Å². The van der Waals surface area contributed by atoms with Crippen molar-refractivity contribution >= 4 is 17.3 Å². The Hall–Kier alpha value is -2.11. The van der Waals surface area contributed by atoms with Crippen LogP contribution in [0, 0.1) is 17.0 Å². The monoisotopic (exact) mass is 293 g/mol. The van der Waals surface area contributed by atoms with E-state index in [-0.39, 0.29) is 12.3 Å². The zero-order valence-electron chi connectivity index (χ0n) is 10.7. The molecule has 0 amide bonds. The number of nitrogens with zero attached hydrogens (tertiary/aromatic N) is 1. The predicted octanol–water partition coefficient (Wildman–Crippen LogP) is 3.84. The van der Waals surface area contributed by atoms with Crippen LogP contribution in [0.5, 0.6) is 11.5 Å². The number of hydrogen-bond donors (Lipinski definition) is 1. The van der Waals surface area contributed by atoms with E-state index in [2.05, 4.69) is 0 Å². The summed E-state index contributed by atoms with van der Waals surface area (Å²) >= 11 is 5.97. The standard InChI is InChI=1S/C14H12ClNO4/c1-9-7-10(16(18)19)5-6-13(9)20-14-4-2-3-12(15)11(14)8-17/h2-7,17H,8H2,1H3. The summed E-state index contributed by atoms with van der Waals surface area (Å²) in [4.78, 5) is 10.2. The van der Waals surface area contributed by atoms with Crippen molar-refractivity contribution in [2.24, 2.45) is 0 Å². The SMILES string of the molecule is Cc1cc([N+](=O)[O-])ccc1Oc1cccc(Cl)c1CO. The van der Waals surface area contributed by atoms with E-state index in [9.17, 15) is 15.2 Å². The summed E-state index contributed by atoms with van der Waals surface area (Å²) in [6.45, 7) is 1.46. The van der Waals surface area contributed by atoms with Crippen molar-refractivity contribution in [2.75, 3.05) is 0 Å². The first kappa shape index (κ1) is 14.3. The van der Waals surface area contributed by atoms with E-state index in [0.717, 1.165) is 0 Å². The number of aliphatic hydroxyl groups is 1. The number of aliphatic hydroxyl groups excluding tert-OH is 1. The minimum absolute atomic E-state index is 0.00308. The molecule has 0 unspecified atom stereocenters. The maximum Gasteiger partial charge on any atom is 0.269 e. The molecule has 2 aromatic carbocycles. The molecule has 0 fully saturated rings. The molecule has 0 atom stereocenters. The molecule has 20 heavy (non-hydrogen) atoms. The Kier molecular flexibility index (Phi) is 4.22. The van der Waals surface area contributed by atoms with E-state index in [4.69, 9.17) is 16.3 Å². The van der Waals surface area contributed by atoms with Gasteiger partial charge in [0, 0.05) is 22.7 Å². The Morgan fingerprint density at radius 1 is 1.30 bits per heavy atom. The molecule has 0 bridgehead atoms. The molecule has 0 saturated heterocycles. The van der Waals surface area contributed by atoms with Crippen molar-refractivity contribution in [3.05, 3.63) is 62.7 Å². The molecule has 104 valence electrons. The third kappa shape index (κ3) is 2.89. The predicted molar refractivity (Wildman–Crippen MR) is 75.3 cm³/mol. The number of nitro groups is 1. The van der Waals surface area contributed by atoms with Crippen molar-refractivity contribution in [1.82, 2.24) is 0 Å². The van der Waals surface area contributed by atoms with Gasteiger partial charge in [-0.05, 0) is 30.7 Å². The van der Waals surface area contributed by atoms with Crippen LogP contribution in [-0.4, -0.2) is 10.0 Å². The maximum atomic E-state index is 10.7. The fourth-order valence-corrected chi connectivity index (χ4v) is 1.99. The first-order valence-electron chi connectivity index (χ1n) is 5.84. The van der Waals surface area contributed by atoms with Gasteiger partial charge in [-0.2, -0.15) is 0 Å². The Morgan fingerprint density at radius 3 is 2.65 bits per heavy atom. The zero-order chi connectivity index (χ0) is 14.7. The molecule has 0 aliphatic carbocycles. The highest BCUT2D eigenvalue weighted by molar-refractivity contribution is 6.31. The molecular formula is C14H12ClNO4. The lowest BCUT2D eigenvalue weighted by Crippen LogP contribution is -1.95. The molecule has 2 rings (SSSR count). The summed E-state index contributed by atoms with van der Waals surface area (Å²) in [5.74, 6) is 0.907. The summed E-state index contributed by atoms with van der Waals surface area (Å²) in [6.07, 6.45) is 0. The average molecular weight is 294 g/mol. The van der Waals surface area contributed by atoms with E-state index in [0.29, 0.717) is 27.6 Å². The third-order valence-electron chi connectivity index (χ3n) is 2.82. The number of aryl methyl sites for hydroxylation is 1. The molecule has 0 aromatic heterocycles. The second-order valence-corrected chi connectivity index (χ2v) is 4.59. The first-order valence-corrected chi connectivity index (χ1v) is 6.22. The molecule has 0 radical (unpaired) electrons. The first-order chi connectivity index (χ1) is 9.52. The van der Waals surface area contributed by atoms with Crippen molar-refractivity contribution < 1.29 is 14.8 Å². The van der Waals surface area contributed by atoms with Crippen LogP contribution >= 0.6 is 11.6 Å². The van der Waals surface area contributed by atoms with E-state index in [1.165, 1.54) is 18.2 Å². The van der Waals surface area contributed by atoms with Gasteiger partial charge in [0.2, 0.25) is 0 Å². The van der Waals surface area contributed by atoms with E-state index in [1.54, 1.807) is 25.1 Å². The summed E-state index contributed by atoms with van der Waals surface area (Å²) < 4.78 is 5.68. The Labute approximate surface area is 120 Å². The fourth-order valence-electron chi connectivity index (χ4n) is 1.77. The summed E-state index contributed by atoms with van der Waals surface area (Å²) in [6, 6.07) is 9.36. The van der Waals surface area contributed by atoms with Crippen LogP contribution in [0.2, 0.25) is 5.02 Å². The molecule has 5 nitrogen and oxygen atoms in total. The van der Waals surface area contributed by atoms with Crippen LogP contribution in [0.4, 0.5) is 5.69 Å². The molecule has 1 N–H and O–H groups in total. The summed E-state index contributed by atoms with van der Waals surface area (Å²) in [7, 11) is 0. The van der Waals surface area contributed by atoms with Gasteiger partial charge in [0.1, 0.15) is 11.5 Å². The Morgan fingerprint density at radius 2 is 2.05 bits per heavy atom. The number of nitro benzene ring substituents is 1. The van der Waals surface area contributed by atoms with Crippen LogP contribution in [0.1, 0.15) is 11.1 Å². The van der Waals surface area contributed by atoms with Crippen molar-refractivity contribution in [1.29, 1.82) is 0 Å². The lowest BCUT2D eigenvalue weighted by atomic mass is 10.2. The van der Waals surface area contributed by atoms with Gasteiger partial charge in [-0.15, -0.1) is 0 Å². The van der Waals surface area contributed by atoms with Crippen molar-refractivity contribution in [2.45, 2.75) is 13.5 Å². The highest BCUT2D eigenvalue weighted by Gasteiger charge is 2.12. The lowest BCUT2D eigenvalue weighted by Gasteiger charge is -2.12. The van der Waals surface area contributed by atoms with Gasteiger partial charge in [-0.1, -0.05) is 17.7 Å². The maximum absolute atomic E-state index is 10.7. The van der Waals surface area contributed by atoms with Crippen LogP contribution in [0.15, 0.2) is 36.4 Å². The van der Waals surface area contributed by atoms with Crippen molar-refractivity contribution in [3.8, 4) is 11.5 Å². The zero-order valence-corrected chi connectivity index (χ0v) is 11.4. The number of ether oxygens (including phenoxy) is 1. The highest BCUT2D eigenvalue weighted by atomic mass is 35.5. The molecule has 0 spiro atoms. The molecule has 0 aliphatic heterocycles. The summed E-state index contributed by atoms with van der Waals surface area (Å²) in [5.41, 5.74) is 1.11. The number of benzene rings is 2. The molecule has 0 saturated carbocycles. The fraction of sp³-hybridized carbons (Fsp3) is 0.143. The lowest BCUT2D eigenvalue weighted by molar-refractivity contribution is -0.384. The van der Waals surface area contributed by atoms with Crippen LogP contribution < -0.4 is 4.74 Å². The number of hydrogen-bond acceptors (Lipinski definition) is 4. The second kappa shape index (κ2) is 5.90. The quantitative estimate of drug-likeness (QED) is 0.686. The van der Waals surface area contributed by atoms with Gasteiger partial charge < -0.3 is 9.84 Å². The van der Waals surface area contributed by atoms with Gasteiger partial charge in [0.15, 0.2) is 0 Å². The topological polar surface area (TPSA) is 72.6 Å². The van der Waals surface area contributed by atoms with E-state index < -0.39 is 4.92 Å². The molecule has 2 aromatic rings. The molecule has 0 aliphatic rings. The van der Waals surface area contributed by atoms with Crippen LogP contribution in [-0.2, 0) is 6.61 Å². The molecular weight excluding hydrogens is 282 g/mol. The molecule has 6 heteroatoms. The normalized spacial score (nSPS) is 10.3. The Balaban J connectivity index is 2.36. The van der Waals surface area contributed by atoms with Crippen LogP contribution in [0.3, 0.4) is 0 Å². The highest BCUT2D eigenvalue weighted by Crippen LogP contribution is 2.33. The largest absolute Gasteiger partial charge is 0.457 e. The second-order valence-electron chi connectivity index (χ2n) is 4.18.